The van der Waals surface area contributed by atoms with E-state index in [9.17, 15) is 14.0 Å². The molecule has 7 heteroatoms. The van der Waals surface area contributed by atoms with Crippen LogP contribution < -0.4 is 0 Å². The molecule has 0 bridgehead atoms. The number of morpholine rings is 1. The lowest BCUT2D eigenvalue weighted by atomic mass is 9.93. The van der Waals surface area contributed by atoms with Gasteiger partial charge in [0, 0.05) is 57.8 Å². The van der Waals surface area contributed by atoms with Gasteiger partial charge in [-0.05, 0) is 18.9 Å². The van der Waals surface area contributed by atoms with Crippen LogP contribution in [-0.4, -0.2) is 85.5 Å². The van der Waals surface area contributed by atoms with E-state index in [0.717, 1.165) is 32.8 Å². The second kappa shape index (κ2) is 8.17. The van der Waals surface area contributed by atoms with Crippen LogP contribution in [0.2, 0.25) is 0 Å². The van der Waals surface area contributed by atoms with E-state index in [4.69, 9.17) is 4.74 Å². The molecule has 0 atom stereocenters. The van der Waals surface area contributed by atoms with Gasteiger partial charge in [0.25, 0.3) is 0 Å². The molecule has 152 valence electrons. The van der Waals surface area contributed by atoms with Gasteiger partial charge in [-0.25, -0.2) is 4.39 Å². The molecule has 0 unspecified atom stereocenters. The Kier molecular flexibility index (Phi) is 5.64. The standard InChI is InChI=1S/C21H28FN3O3/c22-18-4-2-1-3-17(18)21(6-7-21)20(27)25-11-9-24(10-12-25)19(26)5-8-23-13-15-28-16-14-23/h1-4H,5-16H2. The number of halogens is 1. The maximum Gasteiger partial charge on any atom is 0.233 e. The lowest BCUT2D eigenvalue weighted by Crippen LogP contribution is -2.53. The summed E-state index contributed by atoms with van der Waals surface area (Å²) in [5.74, 6) is -0.142. The molecule has 28 heavy (non-hydrogen) atoms. The molecule has 2 amide bonds. The molecular formula is C21H28FN3O3. The summed E-state index contributed by atoms with van der Waals surface area (Å²) in [6.45, 7) is 6.16. The topological polar surface area (TPSA) is 53.1 Å². The van der Waals surface area contributed by atoms with Crippen molar-refractivity contribution in [2.75, 3.05) is 59.0 Å². The highest BCUT2D eigenvalue weighted by Gasteiger charge is 2.54. The second-order valence-corrected chi connectivity index (χ2v) is 7.94. The molecule has 0 radical (unpaired) electrons. The molecule has 1 saturated carbocycles. The summed E-state index contributed by atoms with van der Waals surface area (Å²) in [4.78, 5) is 31.5. The van der Waals surface area contributed by atoms with Crippen molar-refractivity contribution in [3.05, 3.63) is 35.6 Å². The predicted octanol–water partition coefficient (Wildman–Crippen LogP) is 1.25. The van der Waals surface area contributed by atoms with E-state index < -0.39 is 5.41 Å². The minimum atomic E-state index is -0.687. The lowest BCUT2D eigenvalue weighted by molar-refractivity contribution is -0.141. The smallest absolute Gasteiger partial charge is 0.233 e. The number of hydrogen-bond donors (Lipinski definition) is 0. The van der Waals surface area contributed by atoms with Crippen LogP contribution in [0.15, 0.2) is 24.3 Å². The third-order valence-electron chi connectivity index (χ3n) is 6.21. The molecule has 0 spiro atoms. The quantitative estimate of drug-likeness (QED) is 0.761. The van der Waals surface area contributed by atoms with Gasteiger partial charge in [0.1, 0.15) is 5.82 Å². The minimum Gasteiger partial charge on any atom is -0.379 e. The maximum absolute atomic E-state index is 14.2. The molecule has 6 nitrogen and oxygen atoms in total. The zero-order valence-corrected chi connectivity index (χ0v) is 16.2. The van der Waals surface area contributed by atoms with Crippen LogP contribution in [0.4, 0.5) is 4.39 Å². The summed E-state index contributed by atoms with van der Waals surface area (Å²) < 4.78 is 19.6. The van der Waals surface area contributed by atoms with Gasteiger partial charge in [0.2, 0.25) is 11.8 Å². The highest BCUT2D eigenvalue weighted by molar-refractivity contribution is 5.91. The fraction of sp³-hybridized carbons (Fsp3) is 0.619. The van der Waals surface area contributed by atoms with Gasteiger partial charge in [0.15, 0.2) is 0 Å². The zero-order chi connectivity index (χ0) is 19.6. The molecule has 3 fully saturated rings. The van der Waals surface area contributed by atoms with Crippen LogP contribution in [-0.2, 0) is 19.7 Å². The normalized spacial score (nSPS) is 22.2. The zero-order valence-electron chi connectivity index (χ0n) is 16.2. The molecule has 1 aromatic carbocycles. The number of carbonyl (C=O) groups is 2. The van der Waals surface area contributed by atoms with E-state index in [-0.39, 0.29) is 17.6 Å². The van der Waals surface area contributed by atoms with Crippen LogP contribution in [0.25, 0.3) is 0 Å². The summed E-state index contributed by atoms with van der Waals surface area (Å²) in [6, 6.07) is 6.59. The Bertz CT molecular complexity index is 723. The average Bonchev–Trinajstić information content (AvgIpc) is 3.54. The first-order valence-electron chi connectivity index (χ1n) is 10.2. The number of carbonyl (C=O) groups excluding carboxylic acids is 2. The van der Waals surface area contributed by atoms with Gasteiger partial charge in [-0.15, -0.1) is 0 Å². The average molecular weight is 389 g/mol. The summed E-state index contributed by atoms with van der Waals surface area (Å²) in [5.41, 5.74) is -0.169. The van der Waals surface area contributed by atoms with Crippen LogP contribution in [0.3, 0.4) is 0 Å². The van der Waals surface area contributed by atoms with E-state index >= 15 is 0 Å². The number of amides is 2. The van der Waals surface area contributed by atoms with Gasteiger partial charge >= 0.3 is 0 Å². The summed E-state index contributed by atoms with van der Waals surface area (Å²) in [5, 5.41) is 0. The number of nitrogens with zero attached hydrogens (tertiary/aromatic N) is 3. The molecule has 1 aliphatic carbocycles. The lowest BCUT2D eigenvalue weighted by Gasteiger charge is -2.37. The number of hydrogen-bond acceptors (Lipinski definition) is 4. The largest absolute Gasteiger partial charge is 0.379 e. The number of benzene rings is 1. The van der Waals surface area contributed by atoms with Gasteiger partial charge < -0.3 is 14.5 Å². The van der Waals surface area contributed by atoms with Crippen LogP contribution in [0.1, 0.15) is 24.8 Å². The Balaban J connectivity index is 1.28. The Morgan fingerprint density at radius 2 is 1.61 bits per heavy atom. The molecular weight excluding hydrogens is 361 g/mol. The Hall–Kier alpha value is -1.99. The summed E-state index contributed by atoms with van der Waals surface area (Å²) in [6.07, 6.45) is 1.91. The van der Waals surface area contributed by atoms with Crippen LogP contribution in [0, 0.1) is 5.82 Å². The summed E-state index contributed by atoms with van der Waals surface area (Å²) in [7, 11) is 0. The van der Waals surface area contributed by atoms with Crippen LogP contribution in [0.5, 0.6) is 0 Å². The second-order valence-electron chi connectivity index (χ2n) is 7.94. The number of ether oxygens (including phenoxy) is 1. The molecule has 4 rings (SSSR count). The van der Waals surface area contributed by atoms with Gasteiger partial charge in [-0.3, -0.25) is 14.5 Å². The Labute approximate surface area is 165 Å². The van der Waals surface area contributed by atoms with Crippen molar-refractivity contribution in [3.63, 3.8) is 0 Å². The first-order valence-corrected chi connectivity index (χ1v) is 10.2. The third-order valence-corrected chi connectivity index (χ3v) is 6.21. The van der Waals surface area contributed by atoms with E-state index in [2.05, 4.69) is 4.90 Å². The number of piperazine rings is 1. The number of rotatable bonds is 5. The molecule has 0 N–H and O–H groups in total. The van der Waals surface area contributed by atoms with Crippen molar-refractivity contribution >= 4 is 11.8 Å². The molecule has 2 aliphatic heterocycles. The molecule has 2 saturated heterocycles. The molecule has 0 aromatic heterocycles. The van der Waals surface area contributed by atoms with E-state index in [0.29, 0.717) is 51.0 Å². The predicted molar refractivity (Wildman–Crippen MR) is 102 cm³/mol. The van der Waals surface area contributed by atoms with Crippen molar-refractivity contribution in [3.8, 4) is 0 Å². The van der Waals surface area contributed by atoms with E-state index in [1.165, 1.54) is 6.07 Å². The monoisotopic (exact) mass is 389 g/mol. The van der Waals surface area contributed by atoms with Crippen molar-refractivity contribution < 1.29 is 18.7 Å². The van der Waals surface area contributed by atoms with E-state index in [1.807, 2.05) is 9.80 Å². The van der Waals surface area contributed by atoms with Crippen molar-refractivity contribution in [1.82, 2.24) is 14.7 Å². The highest BCUT2D eigenvalue weighted by atomic mass is 19.1. The molecule has 2 heterocycles. The molecule has 1 aromatic rings. The van der Waals surface area contributed by atoms with Gasteiger partial charge in [0.05, 0.1) is 18.6 Å². The van der Waals surface area contributed by atoms with Gasteiger partial charge in [-0.2, -0.15) is 0 Å². The fourth-order valence-corrected chi connectivity index (χ4v) is 4.27. The van der Waals surface area contributed by atoms with Gasteiger partial charge in [-0.1, -0.05) is 18.2 Å². The first kappa shape index (κ1) is 19.3. The van der Waals surface area contributed by atoms with Crippen molar-refractivity contribution in [2.45, 2.75) is 24.7 Å². The Morgan fingerprint density at radius 1 is 0.964 bits per heavy atom. The maximum atomic E-state index is 14.2. The fourth-order valence-electron chi connectivity index (χ4n) is 4.27. The Morgan fingerprint density at radius 3 is 2.25 bits per heavy atom. The highest BCUT2D eigenvalue weighted by Crippen LogP contribution is 2.50. The molecule has 3 aliphatic rings. The van der Waals surface area contributed by atoms with Crippen molar-refractivity contribution in [2.24, 2.45) is 0 Å². The first-order chi connectivity index (χ1) is 13.6. The van der Waals surface area contributed by atoms with Crippen molar-refractivity contribution in [1.29, 1.82) is 0 Å². The van der Waals surface area contributed by atoms with E-state index in [1.54, 1.807) is 18.2 Å². The third kappa shape index (κ3) is 3.91. The summed E-state index contributed by atoms with van der Waals surface area (Å²) >= 11 is 0. The SMILES string of the molecule is O=C(CCN1CCOCC1)N1CCN(C(=O)C2(c3ccccc3F)CC2)CC1. The minimum absolute atomic E-state index is 0.0121. The van der Waals surface area contributed by atoms with Crippen LogP contribution >= 0.6 is 0 Å².